The van der Waals surface area contributed by atoms with E-state index < -0.39 is 0 Å². The largest absolute Gasteiger partial charge is 0.368 e. The normalized spacial score (nSPS) is 13.7. The predicted octanol–water partition coefficient (Wildman–Crippen LogP) is 3.74. The Balaban J connectivity index is 1.35. The fourth-order valence-electron chi connectivity index (χ4n) is 3.53. The van der Waals surface area contributed by atoms with E-state index in [0.29, 0.717) is 17.6 Å². The molecule has 0 atom stereocenters. The summed E-state index contributed by atoms with van der Waals surface area (Å²) in [4.78, 5) is 13.8. The van der Waals surface area contributed by atoms with Gasteiger partial charge in [-0.05, 0) is 49.0 Å². The lowest BCUT2D eigenvalue weighted by molar-refractivity contribution is 0.627. The van der Waals surface area contributed by atoms with Gasteiger partial charge in [0.25, 0.3) is 0 Å². The van der Waals surface area contributed by atoms with Crippen LogP contribution in [0.3, 0.4) is 0 Å². The maximum Gasteiger partial charge on any atom is 0.231 e. The Morgan fingerprint density at radius 3 is 2.35 bits per heavy atom. The highest BCUT2D eigenvalue weighted by molar-refractivity contribution is 7.80. The van der Waals surface area contributed by atoms with Crippen LogP contribution in [0.15, 0.2) is 60.7 Å². The van der Waals surface area contributed by atoms with Crippen molar-refractivity contribution in [2.24, 2.45) is 0 Å². The number of halogens is 1. The standard InChI is InChI=1S/C23H25FN6S/c1-17-15-21(30-13-11-29(12-14-30)20-5-3-2-4-6-20)27-22(26-17)28-23(31)25-16-18-7-9-19(24)10-8-18/h2-10,15H,11-14,16H2,1H3,(H2,25,26,27,28,31). The van der Waals surface area contributed by atoms with Crippen molar-refractivity contribution in [3.05, 3.63) is 77.7 Å². The van der Waals surface area contributed by atoms with Crippen molar-refractivity contribution in [2.45, 2.75) is 13.5 Å². The van der Waals surface area contributed by atoms with Gasteiger partial charge in [-0.25, -0.2) is 9.37 Å². The molecule has 1 aliphatic rings. The van der Waals surface area contributed by atoms with Crippen molar-refractivity contribution < 1.29 is 4.39 Å². The van der Waals surface area contributed by atoms with Crippen LogP contribution < -0.4 is 20.4 Å². The molecule has 1 aliphatic heterocycles. The molecule has 2 N–H and O–H groups in total. The van der Waals surface area contributed by atoms with E-state index in [1.54, 1.807) is 12.1 Å². The zero-order valence-corrected chi connectivity index (χ0v) is 18.2. The van der Waals surface area contributed by atoms with Crippen molar-refractivity contribution in [2.75, 3.05) is 41.3 Å². The van der Waals surface area contributed by atoms with E-state index in [-0.39, 0.29) is 5.82 Å². The number of benzene rings is 2. The van der Waals surface area contributed by atoms with Crippen LogP contribution in [0.2, 0.25) is 0 Å². The lowest BCUT2D eigenvalue weighted by Gasteiger charge is -2.36. The number of piperazine rings is 1. The van der Waals surface area contributed by atoms with E-state index >= 15 is 0 Å². The molecule has 4 rings (SSSR count). The van der Waals surface area contributed by atoms with Gasteiger partial charge in [0.2, 0.25) is 5.95 Å². The summed E-state index contributed by atoms with van der Waals surface area (Å²) in [5.41, 5.74) is 3.06. The fraction of sp³-hybridized carbons (Fsp3) is 0.261. The molecule has 0 spiro atoms. The highest BCUT2D eigenvalue weighted by Crippen LogP contribution is 2.20. The van der Waals surface area contributed by atoms with Gasteiger partial charge in [-0.1, -0.05) is 30.3 Å². The monoisotopic (exact) mass is 436 g/mol. The summed E-state index contributed by atoms with van der Waals surface area (Å²) in [6, 6.07) is 18.8. The van der Waals surface area contributed by atoms with E-state index in [0.717, 1.165) is 43.3 Å². The first-order valence-electron chi connectivity index (χ1n) is 10.3. The van der Waals surface area contributed by atoms with Crippen molar-refractivity contribution in [3.8, 4) is 0 Å². The van der Waals surface area contributed by atoms with Crippen LogP contribution in [0.1, 0.15) is 11.3 Å². The Hall–Kier alpha value is -3.26. The molecule has 31 heavy (non-hydrogen) atoms. The smallest absolute Gasteiger partial charge is 0.231 e. The summed E-state index contributed by atoms with van der Waals surface area (Å²) in [6.07, 6.45) is 0. The number of hydrogen-bond donors (Lipinski definition) is 2. The molecule has 2 heterocycles. The number of aryl methyl sites for hydroxylation is 1. The molecule has 0 amide bonds. The Bertz CT molecular complexity index is 1020. The third-order valence-electron chi connectivity index (χ3n) is 5.16. The van der Waals surface area contributed by atoms with Crippen molar-refractivity contribution in [1.82, 2.24) is 15.3 Å². The van der Waals surface area contributed by atoms with Gasteiger partial charge in [0.05, 0.1) is 0 Å². The second-order valence-corrected chi connectivity index (χ2v) is 7.84. The SMILES string of the molecule is Cc1cc(N2CCN(c3ccccc3)CC2)nc(NC(=S)NCc2ccc(F)cc2)n1. The summed E-state index contributed by atoms with van der Waals surface area (Å²) in [6.45, 7) is 6.09. The van der Waals surface area contributed by atoms with Crippen molar-refractivity contribution in [1.29, 1.82) is 0 Å². The molecular formula is C23H25FN6S. The Kier molecular flexibility index (Phi) is 6.57. The van der Waals surface area contributed by atoms with Crippen LogP contribution in [-0.4, -0.2) is 41.3 Å². The number of thiocarbonyl (C=S) groups is 1. The molecule has 1 saturated heterocycles. The maximum absolute atomic E-state index is 13.0. The summed E-state index contributed by atoms with van der Waals surface area (Å²) >= 11 is 5.38. The second-order valence-electron chi connectivity index (χ2n) is 7.43. The molecule has 6 nitrogen and oxygen atoms in total. The number of rotatable bonds is 5. The Labute approximate surface area is 187 Å². The van der Waals surface area contributed by atoms with E-state index in [1.807, 2.05) is 19.1 Å². The molecule has 8 heteroatoms. The fourth-order valence-corrected chi connectivity index (χ4v) is 3.70. The van der Waals surface area contributed by atoms with Gasteiger partial charge in [0.15, 0.2) is 5.11 Å². The molecular weight excluding hydrogens is 411 g/mol. The Morgan fingerprint density at radius 1 is 0.968 bits per heavy atom. The highest BCUT2D eigenvalue weighted by atomic mass is 32.1. The zero-order chi connectivity index (χ0) is 21.6. The lowest BCUT2D eigenvalue weighted by Crippen LogP contribution is -2.47. The summed E-state index contributed by atoms with van der Waals surface area (Å²) in [7, 11) is 0. The molecule has 0 radical (unpaired) electrons. The van der Waals surface area contributed by atoms with Gasteiger partial charge in [-0.2, -0.15) is 4.98 Å². The molecule has 0 saturated carbocycles. The first-order chi connectivity index (χ1) is 15.1. The van der Waals surface area contributed by atoms with Crippen LogP contribution in [0.4, 0.5) is 21.8 Å². The lowest BCUT2D eigenvalue weighted by atomic mass is 10.2. The minimum atomic E-state index is -0.255. The van der Waals surface area contributed by atoms with Gasteiger partial charge in [0.1, 0.15) is 11.6 Å². The number of anilines is 3. The first-order valence-corrected chi connectivity index (χ1v) is 10.7. The zero-order valence-electron chi connectivity index (χ0n) is 17.4. The van der Waals surface area contributed by atoms with Crippen LogP contribution >= 0.6 is 12.2 Å². The van der Waals surface area contributed by atoms with Gasteiger partial charge in [0, 0.05) is 50.2 Å². The number of hydrogen-bond acceptors (Lipinski definition) is 5. The average molecular weight is 437 g/mol. The van der Waals surface area contributed by atoms with E-state index in [4.69, 9.17) is 12.2 Å². The Morgan fingerprint density at radius 2 is 1.65 bits per heavy atom. The van der Waals surface area contributed by atoms with Crippen LogP contribution in [0, 0.1) is 12.7 Å². The predicted molar refractivity (Wildman–Crippen MR) is 127 cm³/mol. The van der Waals surface area contributed by atoms with Crippen LogP contribution in [-0.2, 0) is 6.54 Å². The number of aromatic nitrogens is 2. The van der Waals surface area contributed by atoms with Crippen LogP contribution in [0.5, 0.6) is 0 Å². The van der Waals surface area contributed by atoms with E-state index in [1.165, 1.54) is 17.8 Å². The third kappa shape index (κ3) is 5.67. The molecule has 2 aromatic carbocycles. The molecule has 1 fully saturated rings. The molecule has 3 aromatic rings. The van der Waals surface area contributed by atoms with E-state index in [9.17, 15) is 4.39 Å². The topological polar surface area (TPSA) is 56.3 Å². The van der Waals surface area contributed by atoms with Gasteiger partial charge >= 0.3 is 0 Å². The molecule has 0 aliphatic carbocycles. The maximum atomic E-state index is 13.0. The summed E-state index contributed by atoms with van der Waals surface area (Å²) < 4.78 is 13.0. The number of nitrogens with zero attached hydrogens (tertiary/aromatic N) is 4. The molecule has 160 valence electrons. The van der Waals surface area contributed by atoms with Crippen molar-refractivity contribution in [3.63, 3.8) is 0 Å². The molecule has 0 unspecified atom stereocenters. The molecule has 0 bridgehead atoms. The number of para-hydroxylation sites is 1. The third-order valence-corrected chi connectivity index (χ3v) is 5.40. The van der Waals surface area contributed by atoms with Gasteiger partial charge < -0.3 is 20.4 Å². The minimum Gasteiger partial charge on any atom is -0.368 e. The minimum absolute atomic E-state index is 0.255. The van der Waals surface area contributed by atoms with Crippen LogP contribution in [0.25, 0.3) is 0 Å². The summed E-state index contributed by atoms with van der Waals surface area (Å²) in [5, 5.41) is 6.60. The van der Waals surface area contributed by atoms with Gasteiger partial charge in [-0.15, -0.1) is 0 Å². The average Bonchev–Trinajstić information content (AvgIpc) is 2.79. The van der Waals surface area contributed by atoms with E-state index in [2.05, 4.69) is 54.7 Å². The van der Waals surface area contributed by atoms with Gasteiger partial charge in [-0.3, -0.25) is 0 Å². The number of nitrogens with one attached hydrogen (secondary N) is 2. The summed E-state index contributed by atoms with van der Waals surface area (Å²) in [5.74, 6) is 1.11. The highest BCUT2D eigenvalue weighted by Gasteiger charge is 2.19. The molecule has 1 aromatic heterocycles. The van der Waals surface area contributed by atoms with Crippen molar-refractivity contribution >= 4 is 34.8 Å². The second kappa shape index (κ2) is 9.70. The first kappa shape index (κ1) is 21.0. The quantitative estimate of drug-likeness (QED) is 0.591.